The van der Waals surface area contributed by atoms with Crippen molar-refractivity contribution in [2.24, 2.45) is 0 Å². The van der Waals surface area contributed by atoms with Crippen LogP contribution in [0.3, 0.4) is 0 Å². The Kier molecular flexibility index (Phi) is 3.92. The molecule has 1 aromatic heterocycles. The molecule has 0 N–H and O–H groups in total. The topological polar surface area (TPSA) is 29.5 Å². The van der Waals surface area contributed by atoms with Crippen molar-refractivity contribution in [1.82, 2.24) is 4.90 Å². The van der Waals surface area contributed by atoms with E-state index >= 15 is 0 Å². The zero-order chi connectivity index (χ0) is 15.6. The highest BCUT2D eigenvalue weighted by Gasteiger charge is 2.40. The Hall–Kier alpha value is -2.07. The Morgan fingerprint density at radius 2 is 2.09 bits per heavy atom. The molecule has 2 unspecified atom stereocenters. The lowest BCUT2D eigenvalue weighted by Gasteiger charge is -2.33. The maximum atomic E-state index is 12.5. The smallest absolute Gasteiger partial charge is 0.410 e. The van der Waals surface area contributed by atoms with E-state index < -0.39 is 0 Å². The second kappa shape index (κ2) is 6.20. The van der Waals surface area contributed by atoms with E-state index in [-0.39, 0.29) is 18.2 Å². The minimum Gasteiger partial charge on any atom is -0.445 e. The van der Waals surface area contributed by atoms with Crippen LogP contribution in [0.15, 0.2) is 53.2 Å². The first-order chi connectivity index (χ1) is 11.3. The van der Waals surface area contributed by atoms with Crippen molar-refractivity contribution >= 4 is 23.0 Å². The summed E-state index contributed by atoms with van der Waals surface area (Å²) >= 11 is 1.72. The molecule has 2 bridgehead atoms. The number of carbonyl (C=O) groups is 1. The van der Waals surface area contributed by atoms with Gasteiger partial charge in [0.2, 0.25) is 0 Å². The molecule has 3 nitrogen and oxygen atoms in total. The van der Waals surface area contributed by atoms with Crippen LogP contribution in [-0.2, 0) is 11.3 Å². The van der Waals surface area contributed by atoms with Crippen LogP contribution in [0.2, 0.25) is 0 Å². The van der Waals surface area contributed by atoms with Gasteiger partial charge in [0.15, 0.2) is 0 Å². The third-order valence-electron chi connectivity index (χ3n) is 4.70. The Bertz CT molecular complexity index is 708. The zero-order valence-electron chi connectivity index (χ0n) is 12.9. The lowest BCUT2D eigenvalue weighted by molar-refractivity contribution is 0.0832. The monoisotopic (exact) mass is 325 g/mol. The number of ether oxygens (including phenoxy) is 1. The molecule has 0 aliphatic carbocycles. The highest BCUT2D eigenvalue weighted by molar-refractivity contribution is 7.08. The number of carbonyl (C=O) groups excluding carboxylic acids is 1. The number of rotatable bonds is 3. The summed E-state index contributed by atoms with van der Waals surface area (Å²) in [5, 5.41) is 4.30. The molecule has 2 aliphatic heterocycles. The van der Waals surface area contributed by atoms with Crippen LogP contribution in [0, 0.1) is 0 Å². The van der Waals surface area contributed by atoms with Gasteiger partial charge in [0.1, 0.15) is 6.61 Å². The number of amides is 1. The number of nitrogens with zero attached hydrogens (tertiary/aromatic N) is 1. The summed E-state index contributed by atoms with van der Waals surface area (Å²) in [7, 11) is 0. The van der Waals surface area contributed by atoms with Crippen LogP contribution in [0.4, 0.5) is 4.79 Å². The second-order valence-corrected chi connectivity index (χ2v) is 6.93. The van der Waals surface area contributed by atoms with Crippen LogP contribution in [-0.4, -0.2) is 23.1 Å². The first-order valence-electron chi connectivity index (χ1n) is 8.03. The van der Waals surface area contributed by atoms with E-state index in [1.165, 1.54) is 11.1 Å². The quantitative estimate of drug-likeness (QED) is 0.818. The van der Waals surface area contributed by atoms with Gasteiger partial charge in [0.25, 0.3) is 0 Å². The van der Waals surface area contributed by atoms with Gasteiger partial charge in [0.05, 0.1) is 6.04 Å². The van der Waals surface area contributed by atoms with Gasteiger partial charge in [-0.2, -0.15) is 11.3 Å². The molecule has 1 aromatic carbocycles. The molecule has 2 aliphatic rings. The molecule has 4 heteroatoms. The molecule has 1 amide bonds. The molecular formula is C19H19NO2S. The van der Waals surface area contributed by atoms with E-state index in [2.05, 4.69) is 22.9 Å². The van der Waals surface area contributed by atoms with Gasteiger partial charge in [-0.05, 0) is 52.8 Å². The Labute approximate surface area is 140 Å². The van der Waals surface area contributed by atoms with Gasteiger partial charge in [-0.3, -0.25) is 4.90 Å². The molecule has 3 heterocycles. The SMILES string of the molecule is O=C(OCc1ccccc1)N1C2C=C(c3ccsc3)CC1CC2. The van der Waals surface area contributed by atoms with Crippen molar-refractivity contribution in [3.8, 4) is 0 Å². The molecule has 1 fully saturated rings. The van der Waals surface area contributed by atoms with Gasteiger partial charge >= 0.3 is 6.09 Å². The predicted molar refractivity (Wildman–Crippen MR) is 92.2 cm³/mol. The largest absolute Gasteiger partial charge is 0.445 e. The van der Waals surface area contributed by atoms with E-state index in [4.69, 9.17) is 4.74 Å². The van der Waals surface area contributed by atoms with E-state index in [0.29, 0.717) is 6.61 Å². The van der Waals surface area contributed by atoms with Gasteiger partial charge in [-0.15, -0.1) is 0 Å². The van der Waals surface area contributed by atoms with Crippen molar-refractivity contribution in [2.75, 3.05) is 0 Å². The van der Waals surface area contributed by atoms with Gasteiger partial charge < -0.3 is 4.74 Å². The summed E-state index contributed by atoms with van der Waals surface area (Å²) in [4.78, 5) is 14.4. The maximum Gasteiger partial charge on any atom is 0.410 e. The summed E-state index contributed by atoms with van der Waals surface area (Å²) in [5.74, 6) is 0. The molecule has 2 aromatic rings. The highest BCUT2D eigenvalue weighted by atomic mass is 32.1. The third kappa shape index (κ3) is 2.91. The minimum absolute atomic E-state index is 0.179. The molecule has 4 rings (SSSR count). The van der Waals surface area contributed by atoms with Gasteiger partial charge in [-0.1, -0.05) is 36.4 Å². The molecule has 23 heavy (non-hydrogen) atoms. The zero-order valence-corrected chi connectivity index (χ0v) is 13.7. The summed E-state index contributed by atoms with van der Waals surface area (Å²) in [6, 6.07) is 12.5. The fourth-order valence-corrected chi connectivity index (χ4v) is 4.25. The first-order valence-corrected chi connectivity index (χ1v) is 8.98. The maximum absolute atomic E-state index is 12.5. The average molecular weight is 325 g/mol. The Morgan fingerprint density at radius 1 is 1.22 bits per heavy atom. The molecule has 0 spiro atoms. The van der Waals surface area contributed by atoms with Crippen LogP contribution >= 0.6 is 11.3 Å². The number of hydrogen-bond acceptors (Lipinski definition) is 3. The number of thiophene rings is 1. The molecule has 2 atom stereocenters. The van der Waals surface area contributed by atoms with Crippen LogP contribution < -0.4 is 0 Å². The van der Waals surface area contributed by atoms with E-state index in [9.17, 15) is 4.79 Å². The van der Waals surface area contributed by atoms with Crippen LogP contribution in [0.5, 0.6) is 0 Å². The molecular weight excluding hydrogens is 306 g/mol. The van der Waals surface area contributed by atoms with Gasteiger partial charge in [-0.25, -0.2) is 4.79 Å². The predicted octanol–water partition coefficient (Wildman–Crippen LogP) is 4.71. The van der Waals surface area contributed by atoms with Crippen molar-refractivity contribution in [3.63, 3.8) is 0 Å². The Balaban J connectivity index is 1.45. The summed E-state index contributed by atoms with van der Waals surface area (Å²) in [6.07, 6.45) is 5.12. The average Bonchev–Trinajstić information content (AvgIpc) is 3.20. The minimum atomic E-state index is -0.179. The van der Waals surface area contributed by atoms with E-state index in [1.807, 2.05) is 35.2 Å². The molecule has 0 saturated carbocycles. The number of hydrogen-bond donors (Lipinski definition) is 0. The molecule has 118 valence electrons. The summed E-state index contributed by atoms with van der Waals surface area (Å²) in [5.41, 5.74) is 3.72. The summed E-state index contributed by atoms with van der Waals surface area (Å²) in [6.45, 7) is 0.344. The summed E-state index contributed by atoms with van der Waals surface area (Å²) < 4.78 is 5.53. The lowest BCUT2D eigenvalue weighted by Crippen LogP contribution is -2.43. The highest BCUT2D eigenvalue weighted by Crippen LogP contribution is 2.39. The van der Waals surface area contributed by atoms with Gasteiger partial charge in [0, 0.05) is 6.04 Å². The fraction of sp³-hybridized carbons (Fsp3) is 0.316. The normalized spacial score (nSPS) is 22.8. The number of fused-ring (bicyclic) bond motifs is 2. The molecule has 0 radical (unpaired) electrons. The van der Waals surface area contributed by atoms with E-state index in [0.717, 1.165) is 24.8 Å². The van der Waals surface area contributed by atoms with Crippen molar-refractivity contribution in [1.29, 1.82) is 0 Å². The van der Waals surface area contributed by atoms with Crippen LogP contribution in [0.1, 0.15) is 30.4 Å². The van der Waals surface area contributed by atoms with Crippen molar-refractivity contribution in [3.05, 3.63) is 64.4 Å². The fourth-order valence-electron chi connectivity index (χ4n) is 3.57. The first kappa shape index (κ1) is 14.5. The van der Waals surface area contributed by atoms with E-state index in [1.54, 1.807) is 11.3 Å². The Morgan fingerprint density at radius 3 is 2.83 bits per heavy atom. The van der Waals surface area contributed by atoms with Crippen molar-refractivity contribution in [2.45, 2.75) is 38.0 Å². The molecule has 1 saturated heterocycles. The number of benzene rings is 1. The van der Waals surface area contributed by atoms with Crippen molar-refractivity contribution < 1.29 is 9.53 Å². The lowest BCUT2D eigenvalue weighted by atomic mass is 9.97. The van der Waals surface area contributed by atoms with Crippen LogP contribution in [0.25, 0.3) is 5.57 Å². The second-order valence-electron chi connectivity index (χ2n) is 6.15. The third-order valence-corrected chi connectivity index (χ3v) is 5.39. The standard InChI is InChI=1S/C19H19NO2S/c21-19(22-12-14-4-2-1-3-5-14)20-17-6-7-18(20)11-16(10-17)15-8-9-23-13-15/h1-5,8-10,13,17-18H,6-7,11-12H2.